The molecular formula is C7H16O4Si. The average Bonchev–Trinajstić information content (AvgIpc) is 2.04. The van der Waals surface area contributed by atoms with Gasteiger partial charge >= 0.3 is 14.5 Å². The molecule has 5 heteroatoms. The van der Waals surface area contributed by atoms with Gasteiger partial charge in [0.1, 0.15) is 0 Å². The van der Waals surface area contributed by atoms with E-state index in [0.29, 0.717) is 6.04 Å². The quantitative estimate of drug-likeness (QED) is 0.662. The van der Waals surface area contributed by atoms with Crippen LogP contribution in [0.5, 0.6) is 0 Å². The Morgan fingerprint density at radius 3 is 2.17 bits per heavy atom. The van der Waals surface area contributed by atoms with Crippen LogP contribution in [0.1, 0.15) is 6.92 Å². The van der Waals surface area contributed by atoms with Gasteiger partial charge in [0.2, 0.25) is 0 Å². The van der Waals surface area contributed by atoms with E-state index in [9.17, 15) is 4.79 Å². The molecule has 0 aromatic carbocycles. The van der Waals surface area contributed by atoms with Crippen LogP contribution in [0.15, 0.2) is 0 Å². The molecule has 0 radical (unpaired) electrons. The molecule has 0 saturated heterocycles. The monoisotopic (exact) mass is 192 g/mol. The van der Waals surface area contributed by atoms with Crippen LogP contribution in [0.4, 0.5) is 0 Å². The van der Waals surface area contributed by atoms with E-state index in [2.05, 4.69) is 0 Å². The van der Waals surface area contributed by atoms with Gasteiger partial charge in [-0.05, 0) is 6.55 Å². The first-order valence-corrected chi connectivity index (χ1v) is 6.30. The molecular weight excluding hydrogens is 176 g/mol. The van der Waals surface area contributed by atoms with Gasteiger partial charge < -0.3 is 14.0 Å². The molecule has 1 unspecified atom stereocenters. The van der Waals surface area contributed by atoms with E-state index in [0.717, 1.165) is 0 Å². The summed E-state index contributed by atoms with van der Waals surface area (Å²) in [4.78, 5) is 10.5. The van der Waals surface area contributed by atoms with E-state index in [1.165, 1.54) is 0 Å². The smallest absolute Gasteiger partial charge is 0.335 e. The van der Waals surface area contributed by atoms with Gasteiger partial charge in [0.25, 0.3) is 0 Å². The van der Waals surface area contributed by atoms with Gasteiger partial charge in [-0.15, -0.1) is 0 Å². The normalized spacial score (nSPS) is 14.3. The predicted molar refractivity (Wildman–Crippen MR) is 47.2 cm³/mol. The third-order valence-corrected chi connectivity index (χ3v) is 5.04. The molecule has 1 N–H and O–H groups in total. The van der Waals surface area contributed by atoms with Crippen LogP contribution in [-0.2, 0) is 13.6 Å². The molecule has 0 aliphatic carbocycles. The van der Waals surface area contributed by atoms with Gasteiger partial charge in [0.05, 0.1) is 5.92 Å². The molecule has 4 nitrogen and oxygen atoms in total. The standard InChI is InChI=1S/C7H16O4Si/c1-6(7(8)9)5-12(4,10-2)11-3/h6H,5H2,1-4H3,(H,8,9). The van der Waals surface area contributed by atoms with Gasteiger partial charge in [-0.3, -0.25) is 4.79 Å². The molecule has 0 heterocycles. The number of aliphatic carboxylic acids is 1. The summed E-state index contributed by atoms with van der Waals surface area (Å²) in [6.45, 7) is 3.51. The van der Waals surface area contributed by atoms with Gasteiger partial charge in [0.15, 0.2) is 0 Å². The summed E-state index contributed by atoms with van der Waals surface area (Å²) in [5.41, 5.74) is 0. The van der Waals surface area contributed by atoms with Gasteiger partial charge in [0, 0.05) is 20.3 Å². The molecule has 0 aromatic heterocycles. The lowest BCUT2D eigenvalue weighted by Crippen LogP contribution is -2.39. The number of carbonyl (C=O) groups is 1. The lowest BCUT2D eigenvalue weighted by Gasteiger charge is -2.24. The lowest BCUT2D eigenvalue weighted by atomic mass is 10.2. The van der Waals surface area contributed by atoms with Crippen molar-refractivity contribution in [2.45, 2.75) is 19.5 Å². The maximum Gasteiger partial charge on any atom is 0.335 e. The van der Waals surface area contributed by atoms with E-state index in [1.807, 2.05) is 6.55 Å². The fourth-order valence-corrected chi connectivity index (χ4v) is 2.68. The van der Waals surface area contributed by atoms with Crippen LogP contribution in [0, 0.1) is 5.92 Å². The molecule has 72 valence electrons. The third kappa shape index (κ3) is 3.34. The molecule has 0 amide bonds. The SMILES string of the molecule is CO[Si](C)(CC(C)C(=O)O)OC. The minimum Gasteiger partial charge on any atom is -0.481 e. The summed E-state index contributed by atoms with van der Waals surface area (Å²) in [7, 11) is 0.916. The maximum atomic E-state index is 10.5. The topological polar surface area (TPSA) is 55.8 Å². The summed E-state index contributed by atoms with van der Waals surface area (Å²) in [5.74, 6) is -1.20. The van der Waals surface area contributed by atoms with Crippen molar-refractivity contribution in [3.8, 4) is 0 Å². The van der Waals surface area contributed by atoms with Gasteiger partial charge in [-0.2, -0.15) is 0 Å². The summed E-state index contributed by atoms with van der Waals surface area (Å²) in [6.07, 6.45) is 0. The van der Waals surface area contributed by atoms with E-state index in [4.69, 9.17) is 14.0 Å². The van der Waals surface area contributed by atoms with Crippen LogP contribution in [0.25, 0.3) is 0 Å². The predicted octanol–water partition coefficient (Wildman–Crippen LogP) is 1.07. The molecule has 0 aliphatic heterocycles. The van der Waals surface area contributed by atoms with Crippen molar-refractivity contribution in [1.82, 2.24) is 0 Å². The molecule has 0 aliphatic rings. The van der Waals surface area contributed by atoms with Gasteiger partial charge in [-0.25, -0.2) is 0 Å². The van der Waals surface area contributed by atoms with Crippen LogP contribution in [0.2, 0.25) is 12.6 Å². The lowest BCUT2D eigenvalue weighted by molar-refractivity contribution is -0.140. The Kier molecular flexibility index (Phi) is 4.44. The number of carboxylic acids is 1. The molecule has 0 spiro atoms. The Morgan fingerprint density at radius 2 is 1.92 bits per heavy atom. The molecule has 0 aromatic rings. The largest absolute Gasteiger partial charge is 0.481 e. The summed E-state index contributed by atoms with van der Waals surface area (Å²) >= 11 is 0. The van der Waals surface area contributed by atoms with Crippen molar-refractivity contribution in [3.05, 3.63) is 0 Å². The third-order valence-electron chi connectivity index (χ3n) is 1.96. The highest BCUT2D eigenvalue weighted by Gasteiger charge is 2.33. The van der Waals surface area contributed by atoms with Crippen LogP contribution in [-0.4, -0.2) is 33.9 Å². The summed E-state index contributed by atoms with van der Waals surface area (Å²) in [5, 5.41) is 8.65. The first-order valence-electron chi connectivity index (χ1n) is 3.78. The number of hydrogen-bond acceptors (Lipinski definition) is 3. The summed E-state index contributed by atoms with van der Waals surface area (Å²) in [6, 6.07) is 0.481. The zero-order valence-corrected chi connectivity index (χ0v) is 8.96. The molecule has 0 saturated carbocycles. The molecule has 0 fully saturated rings. The second-order valence-corrected chi connectivity index (χ2v) is 6.48. The Bertz CT molecular complexity index is 155. The van der Waals surface area contributed by atoms with E-state index in [-0.39, 0.29) is 0 Å². The highest BCUT2D eigenvalue weighted by atomic mass is 28.4. The first-order chi connectivity index (χ1) is 5.45. The average molecular weight is 192 g/mol. The Balaban J connectivity index is 4.11. The zero-order chi connectivity index (χ0) is 9.78. The molecule has 0 rings (SSSR count). The molecule has 0 bridgehead atoms. The second kappa shape index (κ2) is 4.59. The minimum atomic E-state index is -2.20. The van der Waals surface area contributed by atoms with E-state index < -0.39 is 20.4 Å². The highest BCUT2D eigenvalue weighted by molar-refractivity contribution is 6.66. The number of rotatable bonds is 5. The Morgan fingerprint density at radius 1 is 1.50 bits per heavy atom. The fourth-order valence-electron chi connectivity index (χ4n) is 0.893. The fraction of sp³-hybridized carbons (Fsp3) is 0.857. The van der Waals surface area contributed by atoms with Crippen molar-refractivity contribution in [1.29, 1.82) is 0 Å². The van der Waals surface area contributed by atoms with Crippen molar-refractivity contribution >= 4 is 14.5 Å². The number of hydrogen-bond donors (Lipinski definition) is 1. The van der Waals surface area contributed by atoms with E-state index >= 15 is 0 Å². The summed E-state index contributed by atoms with van der Waals surface area (Å²) < 4.78 is 10.3. The molecule has 12 heavy (non-hydrogen) atoms. The first kappa shape index (κ1) is 11.6. The second-order valence-electron chi connectivity index (χ2n) is 2.99. The van der Waals surface area contributed by atoms with E-state index in [1.54, 1.807) is 21.1 Å². The van der Waals surface area contributed by atoms with Crippen molar-refractivity contribution in [2.24, 2.45) is 5.92 Å². The van der Waals surface area contributed by atoms with Crippen LogP contribution in [0.3, 0.4) is 0 Å². The van der Waals surface area contributed by atoms with Crippen molar-refractivity contribution in [3.63, 3.8) is 0 Å². The van der Waals surface area contributed by atoms with Gasteiger partial charge in [-0.1, -0.05) is 6.92 Å². The zero-order valence-electron chi connectivity index (χ0n) is 7.96. The van der Waals surface area contributed by atoms with Crippen molar-refractivity contribution in [2.75, 3.05) is 14.2 Å². The maximum absolute atomic E-state index is 10.5. The Labute approximate surface area is 73.7 Å². The molecule has 1 atom stereocenters. The Hall–Kier alpha value is -0.393. The number of carboxylic acid groups (broad SMARTS) is 1. The minimum absolute atomic E-state index is 0.401. The van der Waals surface area contributed by atoms with Crippen LogP contribution < -0.4 is 0 Å². The highest BCUT2D eigenvalue weighted by Crippen LogP contribution is 2.18. The van der Waals surface area contributed by atoms with Crippen LogP contribution >= 0.6 is 0 Å². The van der Waals surface area contributed by atoms with Crippen molar-refractivity contribution < 1.29 is 18.8 Å².